The van der Waals surface area contributed by atoms with Crippen molar-refractivity contribution in [3.05, 3.63) is 28.8 Å². The van der Waals surface area contributed by atoms with Gasteiger partial charge in [0.1, 0.15) is 0 Å². The van der Waals surface area contributed by atoms with Crippen molar-refractivity contribution in [2.45, 2.75) is 6.92 Å². The Balaban J connectivity index is 3.07. The third-order valence-electron chi connectivity index (χ3n) is 1.25. The maximum absolute atomic E-state index is 5.82. The zero-order valence-corrected chi connectivity index (χ0v) is 7.21. The van der Waals surface area contributed by atoms with Crippen LogP contribution in [0.25, 0.3) is 0 Å². The van der Waals surface area contributed by atoms with Crippen LogP contribution in [0.5, 0.6) is 0 Å². The third-order valence-corrected chi connectivity index (χ3v) is 1.80. The maximum Gasteiger partial charge on any atom is 0.0648 e. The number of halogens is 1. The second-order valence-electron chi connectivity index (χ2n) is 2.10. The summed E-state index contributed by atoms with van der Waals surface area (Å²) in [6, 6.07) is 5.76. The Morgan fingerprint density at radius 1 is 1.50 bits per heavy atom. The minimum absolute atomic E-state index is 0.704. The van der Waals surface area contributed by atoms with Crippen LogP contribution in [0, 0.1) is 6.92 Å². The van der Waals surface area contributed by atoms with E-state index < -0.39 is 0 Å². The summed E-state index contributed by atoms with van der Waals surface area (Å²) in [6.45, 7) is 1.99. The molecular weight excluding hydrogens is 166 g/mol. The number of anilines is 1. The molecule has 3 heteroatoms. The average molecular weight is 174 g/mol. The van der Waals surface area contributed by atoms with E-state index in [9.17, 15) is 0 Å². The van der Waals surface area contributed by atoms with Crippen LogP contribution in [0.3, 0.4) is 0 Å². The molecule has 0 radical (unpaired) electrons. The molecule has 0 spiro atoms. The molecule has 10 heavy (non-hydrogen) atoms. The molecular formula is C7H8ClNS. The van der Waals surface area contributed by atoms with Gasteiger partial charge in [-0.2, -0.15) is 0 Å². The van der Waals surface area contributed by atoms with E-state index in [1.165, 1.54) is 0 Å². The maximum atomic E-state index is 5.82. The molecule has 0 saturated carbocycles. The SMILES string of the molecule is Cc1ccc(NS)c(Cl)c1. The van der Waals surface area contributed by atoms with E-state index in [1.54, 1.807) is 0 Å². The first kappa shape index (κ1) is 7.76. The molecule has 1 N–H and O–H groups in total. The molecule has 0 heterocycles. The van der Waals surface area contributed by atoms with E-state index >= 15 is 0 Å². The molecule has 0 aliphatic carbocycles. The molecule has 1 aromatic rings. The summed E-state index contributed by atoms with van der Waals surface area (Å²) in [5.41, 5.74) is 1.99. The number of hydrogen-bond acceptors (Lipinski definition) is 2. The third kappa shape index (κ3) is 1.58. The molecule has 0 aromatic heterocycles. The predicted molar refractivity (Wildman–Crippen MR) is 48.8 cm³/mol. The number of benzene rings is 1. The Labute approximate surface area is 70.9 Å². The number of nitrogens with one attached hydrogen (secondary N) is 1. The van der Waals surface area contributed by atoms with E-state index in [0.29, 0.717) is 5.02 Å². The van der Waals surface area contributed by atoms with Crippen LogP contribution in [-0.2, 0) is 0 Å². The largest absolute Gasteiger partial charge is 0.331 e. The van der Waals surface area contributed by atoms with Gasteiger partial charge >= 0.3 is 0 Å². The van der Waals surface area contributed by atoms with Gasteiger partial charge in [-0.15, -0.1) is 0 Å². The molecule has 1 nitrogen and oxygen atoms in total. The van der Waals surface area contributed by atoms with Gasteiger partial charge in [-0.1, -0.05) is 30.5 Å². The van der Waals surface area contributed by atoms with E-state index in [0.717, 1.165) is 11.3 Å². The van der Waals surface area contributed by atoms with Crippen molar-refractivity contribution in [2.75, 3.05) is 4.72 Å². The highest BCUT2D eigenvalue weighted by atomic mass is 35.5. The minimum Gasteiger partial charge on any atom is -0.331 e. The van der Waals surface area contributed by atoms with Crippen LogP contribution in [0.4, 0.5) is 5.69 Å². The molecule has 0 aliphatic rings. The lowest BCUT2D eigenvalue weighted by Gasteiger charge is -2.01. The van der Waals surface area contributed by atoms with Gasteiger partial charge in [0.05, 0.1) is 10.7 Å². The minimum atomic E-state index is 0.704. The molecule has 1 rings (SSSR count). The Morgan fingerprint density at radius 2 is 2.20 bits per heavy atom. The molecule has 0 amide bonds. The Kier molecular flexibility index (Phi) is 2.46. The van der Waals surface area contributed by atoms with Crippen LogP contribution in [0.1, 0.15) is 5.56 Å². The second-order valence-corrected chi connectivity index (χ2v) is 2.73. The molecule has 1 aromatic carbocycles. The topological polar surface area (TPSA) is 12.0 Å². The van der Waals surface area contributed by atoms with E-state index in [4.69, 9.17) is 11.6 Å². The van der Waals surface area contributed by atoms with Crippen molar-refractivity contribution in [1.29, 1.82) is 0 Å². The van der Waals surface area contributed by atoms with Crippen LogP contribution in [0.2, 0.25) is 5.02 Å². The van der Waals surface area contributed by atoms with Crippen LogP contribution >= 0.6 is 24.4 Å². The first-order valence-corrected chi connectivity index (χ1v) is 3.73. The summed E-state index contributed by atoms with van der Waals surface area (Å²) < 4.78 is 2.68. The highest BCUT2D eigenvalue weighted by Crippen LogP contribution is 2.22. The highest BCUT2D eigenvalue weighted by Gasteiger charge is 1.95. The Bertz CT molecular complexity index is 237. The fourth-order valence-electron chi connectivity index (χ4n) is 0.711. The standard InChI is InChI=1S/C7H8ClNS/c1-5-2-3-7(9-10)6(8)4-5/h2-4,9-10H,1H3. The van der Waals surface area contributed by atoms with Gasteiger partial charge in [0, 0.05) is 0 Å². The lowest BCUT2D eigenvalue weighted by molar-refractivity contribution is 1.47. The van der Waals surface area contributed by atoms with E-state index in [2.05, 4.69) is 17.5 Å². The highest BCUT2D eigenvalue weighted by molar-refractivity contribution is 7.81. The number of hydrogen-bond donors (Lipinski definition) is 2. The molecule has 0 bridgehead atoms. The van der Waals surface area contributed by atoms with E-state index in [-0.39, 0.29) is 0 Å². The van der Waals surface area contributed by atoms with Crippen LogP contribution < -0.4 is 4.72 Å². The number of aryl methyl sites for hydroxylation is 1. The summed E-state index contributed by atoms with van der Waals surface area (Å²) in [5.74, 6) is 0. The van der Waals surface area contributed by atoms with Gasteiger partial charge < -0.3 is 4.72 Å². The summed E-state index contributed by atoms with van der Waals surface area (Å²) in [7, 11) is 0. The molecule has 0 unspecified atom stereocenters. The smallest absolute Gasteiger partial charge is 0.0648 e. The zero-order valence-electron chi connectivity index (χ0n) is 5.56. The van der Waals surface area contributed by atoms with Gasteiger partial charge in [0.15, 0.2) is 0 Å². The van der Waals surface area contributed by atoms with Gasteiger partial charge in [-0.3, -0.25) is 0 Å². The van der Waals surface area contributed by atoms with Crippen LogP contribution in [0.15, 0.2) is 18.2 Å². The van der Waals surface area contributed by atoms with Crippen molar-refractivity contribution in [2.24, 2.45) is 0 Å². The first-order chi connectivity index (χ1) is 4.74. The lowest BCUT2D eigenvalue weighted by Crippen LogP contribution is -1.81. The van der Waals surface area contributed by atoms with Crippen molar-refractivity contribution in [3.63, 3.8) is 0 Å². The van der Waals surface area contributed by atoms with Crippen molar-refractivity contribution in [1.82, 2.24) is 0 Å². The second kappa shape index (κ2) is 3.17. The van der Waals surface area contributed by atoms with Crippen molar-refractivity contribution < 1.29 is 0 Å². The molecule has 0 atom stereocenters. The van der Waals surface area contributed by atoms with Gasteiger partial charge in [-0.25, -0.2) is 0 Å². The predicted octanol–water partition coefficient (Wildman–Crippen LogP) is 2.91. The molecule has 54 valence electrons. The fourth-order valence-corrected chi connectivity index (χ4v) is 1.25. The molecule has 0 saturated heterocycles. The Hall–Kier alpha value is -0.340. The van der Waals surface area contributed by atoms with Gasteiger partial charge in [0.25, 0.3) is 0 Å². The number of rotatable bonds is 1. The monoisotopic (exact) mass is 173 g/mol. The Morgan fingerprint density at radius 3 is 2.70 bits per heavy atom. The zero-order chi connectivity index (χ0) is 7.56. The lowest BCUT2D eigenvalue weighted by atomic mass is 10.2. The first-order valence-electron chi connectivity index (χ1n) is 2.90. The van der Waals surface area contributed by atoms with E-state index in [1.807, 2.05) is 25.1 Å². The summed E-state index contributed by atoms with van der Waals surface area (Å²) in [6.07, 6.45) is 0. The molecule has 0 fully saturated rings. The summed E-state index contributed by atoms with van der Waals surface area (Å²) in [4.78, 5) is 0. The van der Waals surface area contributed by atoms with Gasteiger partial charge in [-0.05, 0) is 24.6 Å². The van der Waals surface area contributed by atoms with Crippen molar-refractivity contribution >= 4 is 30.1 Å². The van der Waals surface area contributed by atoms with Crippen LogP contribution in [-0.4, -0.2) is 0 Å². The average Bonchev–Trinajstić information content (AvgIpc) is 1.88. The van der Waals surface area contributed by atoms with Gasteiger partial charge in [0.2, 0.25) is 0 Å². The quantitative estimate of drug-likeness (QED) is 0.623. The summed E-state index contributed by atoms with van der Waals surface area (Å²) >= 11 is 9.70. The van der Waals surface area contributed by atoms with Crippen molar-refractivity contribution in [3.8, 4) is 0 Å². The number of thiol groups is 1. The molecule has 0 aliphatic heterocycles. The fraction of sp³-hybridized carbons (Fsp3) is 0.143. The summed E-state index contributed by atoms with van der Waals surface area (Å²) in [5, 5.41) is 0.704. The normalized spacial score (nSPS) is 9.50.